The fourth-order valence-corrected chi connectivity index (χ4v) is 4.12. The maximum atomic E-state index is 13.2. The highest BCUT2D eigenvalue weighted by Crippen LogP contribution is 2.29. The lowest BCUT2D eigenvalue weighted by molar-refractivity contribution is 0.404. The van der Waals surface area contributed by atoms with Crippen LogP contribution in [0.25, 0.3) is 0 Å². The van der Waals surface area contributed by atoms with Gasteiger partial charge < -0.3 is 5.73 Å². The second kappa shape index (κ2) is 5.15. The van der Waals surface area contributed by atoms with E-state index in [0.29, 0.717) is 25.6 Å². The minimum atomic E-state index is -3.80. The Morgan fingerprint density at radius 3 is 2.58 bits per heavy atom. The molecule has 1 fully saturated rings. The molecular formula is C12H16F2N2O2S. The standard InChI is InChI=1S/C12H16F2N2O2S/c1-8-4-9(6-15)7-16(8)19(17,18)10-2-3-11(13)12(14)5-10/h2-3,5,8-9H,4,6-7,15H2,1H3. The first-order valence-electron chi connectivity index (χ1n) is 6.03. The Morgan fingerprint density at radius 1 is 1.37 bits per heavy atom. The molecule has 1 saturated heterocycles. The quantitative estimate of drug-likeness (QED) is 0.913. The topological polar surface area (TPSA) is 63.4 Å². The van der Waals surface area contributed by atoms with E-state index in [1.165, 1.54) is 4.31 Å². The third-order valence-corrected chi connectivity index (χ3v) is 5.41. The lowest BCUT2D eigenvalue weighted by Crippen LogP contribution is -2.34. The number of sulfonamides is 1. The Balaban J connectivity index is 2.34. The van der Waals surface area contributed by atoms with E-state index in [0.717, 1.165) is 12.1 Å². The monoisotopic (exact) mass is 290 g/mol. The van der Waals surface area contributed by atoms with E-state index >= 15 is 0 Å². The van der Waals surface area contributed by atoms with E-state index in [9.17, 15) is 17.2 Å². The summed E-state index contributed by atoms with van der Waals surface area (Å²) in [6.45, 7) is 2.51. The van der Waals surface area contributed by atoms with Gasteiger partial charge in [0, 0.05) is 12.6 Å². The van der Waals surface area contributed by atoms with Gasteiger partial charge in [0.1, 0.15) is 0 Å². The molecule has 2 N–H and O–H groups in total. The molecule has 0 aliphatic carbocycles. The van der Waals surface area contributed by atoms with Crippen molar-refractivity contribution in [2.24, 2.45) is 11.7 Å². The first-order chi connectivity index (χ1) is 8.86. The zero-order chi connectivity index (χ0) is 14.2. The summed E-state index contributed by atoms with van der Waals surface area (Å²) >= 11 is 0. The number of nitrogens with two attached hydrogens (primary N) is 1. The summed E-state index contributed by atoms with van der Waals surface area (Å²) in [6.07, 6.45) is 0.680. The molecule has 0 saturated carbocycles. The minimum absolute atomic E-state index is 0.107. The average Bonchev–Trinajstić information content (AvgIpc) is 2.74. The van der Waals surface area contributed by atoms with Gasteiger partial charge in [0.25, 0.3) is 0 Å². The van der Waals surface area contributed by atoms with E-state index in [2.05, 4.69) is 0 Å². The predicted molar refractivity (Wildman–Crippen MR) is 66.9 cm³/mol. The van der Waals surface area contributed by atoms with Gasteiger partial charge in [-0.3, -0.25) is 0 Å². The van der Waals surface area contributed by atoms with Gasteiger partial charge in [-0.1, -0.05) is 0 Å². The molecule has 19 heavy (non-hydrogen) atoms. The van der Waals surface area contributed by atoms with Crippen LogP contribution < -0.4 is 5.73 Å². The Morgan fingerprint density at radius 2 is 2.05 bits per heavy atom. The van der Waals surface area contributed by atoms with Crippen LogP contribution in [-0.4, -0.2) is 31.9 Å². The maximum absolute atomic E-state index is 13.2. The van der Waals surface area contributed by atoms with Crippen molar-refractivity contribution in [1.82, 2.24) is 4.31 Å². The second-order valence-electron chi connectivity index (χ2n) is 4.84. The summed E-state index contributed by atoms with van der Waals surface area (Å²) in [7, 11) is -3.80. The van der Waals surface area contributed by atoms with Crippen molar-refractivity contribution in [2.75, 3.05) is 13.1 Å². The Hall–Kier alpha value is -1.05. The normalized spacial score (nSPS) is 24.8. The molecule has 0 amide bonds. The van der Waals surface area contributed by atoms with E-state index in [-0.39, 0.29) is 16.9 Å². The van der Waals surface area contributed by atoms with Gasteiger partial charge in [-0.2, -0.15) is 4.31 Å². The van der Waals surface area contributed by atoms with Crippen LogP contribution in [0.3, 0.4) is 0 Å². The van der Waals surface area contributed by atoms with E-state index in [1.54, 1.807) is 6.92 Å². The van der Waals surface area contributed by atoms with Crippen molar-refractivity contribution in [3.8, 4) is 0 Å². The SMILES string of the molecule is CC1CC(CN)CN1S(=O)(=O)c1ccc(F)c(F)c1. The fourth-order valence-electron chi connectivity index (χ4n) is 2.39. The third-order valence-electron chi connectivity index (χ3n) is 3.44. The molecule has 7 heteroatoms. The highest BCUT2D eigenvalue weighted by atomic mass is 32.2. The van der Waals surface area contributed by atoms with Gasteiger partial charge >= 0.3 is 0 Å². The number of hydrogen-bond acceptors (Lipinski definition) is 3. The largest absolute Gasteiger partial charge is 0.330 e. The molecule has 2 unspecified atom stereocenters. The summed E-state index contributed by atoms with van der Waals surface area (Å²) in [4.78, 5) is -0.226. The summed E-state index contributed by atoms with van der Waals surface area (Å²) in [5.74, 6) is -2.12. The molecule has 0 aromatic heterocycles. The van der Waals surface area contributed by atoms with E-state index in [4.69, 9.17) is 5.73 Å². The van der Waals surface area contributed by atoms with Crippen molar-refractivity contribution < 1.29 is 17.2 Å². The van der Waals surface area contributed by atoms with Crippen molar-refractivity contribution in [1.29, 1.82) is 0 Å². The Kier molecular flexibility index (Phi) is 3.89. The van der Waals surface area contributed by atoms with Crippen LogP contribution in [-0.2, 0) is 10.0 Å². The molecule has 0 spiro atoms. The summed E-state index contributed by atoms with van der Waals surface area (Å²) in [5.41, 5.74) is 5.55. The van der Waals surface area contributed by atoms with Crippen LogP contribution in [0.2, 0.25) is 0 Å². The molecule has 1 aliphatic heterocycles. The smallest absolute Gasteiger partial charge is 0.243 e. The van der Waals surface area contributed by atoms with Gasteiger partial charge in [0.15, 0.2) is 11.6 Å². The van der Waals surface area contributed by atoms with Crippen LogP contribution in [0.15, 0.2) is 23.1 Å². The van der Waals surface area contributed by atoms with Crippen LogP contribution in [0.5, 0.6) is 0 Å². The molecule has 2 rings (SSSR count). The van der Waals surface area contributed by atoms with Gasteiger partial charge in [0.2, 0.25) is 10.0 Å². The Bertz CT molecular complexity index is 577. The van der Waals surface area contributed by atoms with Crippen molar-refractivity contribution in [3.63, 3.8) is 0 Å². The number of hydrogen-bond donors (Lipinski definition) is 1. The summed E-state index contributed by atoms with van der Waals surface area (Å²) in [5, 5.41) is 0. The highest BCUT2D eigenvalue weighted by molar-refractivity contribution is 7.89. The summed E-state index contributed by atoms with van der Waals surface area (Å²) in [6, 6.07) is 2.43. The second-order valence-corrected chi connectivity index (χ2v) is 6.73. The molecule has 106 valence electrons. The minimum Gasteiger partial charge on any atom is -0.330 e. The van der Waals surface area contributed by atoms with E-state index < -0.39 is 21.7 Å². The molecule has 2 atom stereocenters. The molecule has 1 aromatic carbocycles. The molecule has 1 aromatic rings. The third kappa shape index (κ3) is 2.63. The van der Waals surface area contributed by atoms with E-state index in [1.807, 2.05) is 0 Å². The van der Waals surface area contributed by atoms with Crippen LogP contribution in [0.1, 0.15) is 13.3 Å². The first-order valence-corrected chi connectivity index (χ1v) is 7.47. The molecule has 0 radical (unpaired) electrons. The average molecular weight is 290 g/mol. The van der Waals surface area contributed by atoms with Crippen LogP contribution >= 0.6 is 0 Å². The van der Waals surface area contributed by atoms with Crippen LogP contribution in [0.4, 0.5) is 8.78 Å². The number of benzene rings is 1. The maximum Gasteiger partial charge on any atom is 0.243 e. The lowest BCUT2D eigenvalue weighted by Gasteiger charge is -2.21. The van der Waals surface area contributed by atoms with Crippen molar-refractivity contribution in [3.05, 3.63) is 29.8 Å². The van der Waals surface area contributed by atoms with Gasteiger partial charge in [0.05, 0.1) is 4.90 Å². The molecule has 1 aliphatic rings. The number of nitrogens with zero attached hydrogens (tertiary/aromatic N) is 1. The van der Waals surface area contributed by atoms with Gasteiger partial charge in [-0.25, -0.2) is 17.2 Å². The predicted octanol–water partition coefficient (Wildman–Crippen LogP) is 1.32. The summed E-state index contributed by atoms with van der Waals surface area (Å²) < 4.78 is 52.1. The fraction of sp³-hybridized carbons (Fsp3) is 0.500. The first kappa shape index (κ1) is 14.4. The van der Waals surface area contributed by atoms with Crippen molar-refractivity contribution in [2.45, 2.75) is 24.3 Å². The molecular weight excluding hydrogens is 274 g/mol. The highest BCUT2D eigenvalue weighted by Gasteiger charge is 2.37. The molecule has 4 nitrogen and oxygen atoms in total. The molecule has 1 heterocycles. The number of rotatable bonds is 3. The molecule has 0 bridgehead atoms. The van der Waals surface area contributed by atoms with Crippen molar-refractivity contribution >= 4 is 10.0 Å². The van der Waals surface area contributed by atoms with Gasteiger partial charge in [-0.15, -0.1) is 0 Å². The zero-order valence-electron chi connectivity index (χ0n) is 10.5. The Labute approximate surface area is 111 Å². The number of halogens is 2. The van der Waals surface area contributed by atoms with Crippen LogP contribution in [0, 0.1) is 17.6 Å². The zero-order valence-corrected chi connectivity index (χ0v) is 11.3. The van der Waals surface area contributed by atoms with Gasteiger partial charge in [-0.05, 0) is 44.0 Å². The lowest BCUT2D eigenvalue weighted by atomic mass is 10.1.